The lowest BCUT2D eigenvalue weighted by atomic mass is 9.33. The zero-order valence-corrected chi connectivity index (χ0v) is 52.4. The topological polar surface area (TPSA) is 9.72 Å². The van der Waals surface area contributed by atoms with E-state index in [0.717, 1.165) is 61.2 Å². The number of benzene rings is 7. The Kier molecular flexibility index (Phi) is 10.2. The quantitative estimate of drug-likeness (QED) is 0.163. The highest BCUT2D eigenvalue weighted by Crippen LogP contribution is 2.66. The molecule has 0 saturated heterocycles. The van der Waals surface area contributed by atoms with E-state index < -0.39 is 16.4 Å². The predicted octanol–water partition coefficient (Wildman–Crippen LogP) is 18.9. The molecular formula is C77H90BN3. The van der Waals surface area contributed by atoms with Crippen LogP contribution in [0.4, 0.5) is 39.8 Å². The van der Waals surface area contributed by atoms with E-state index in [1.807, 2.05) is 0 Å². The molecule has 4 heterocycles. The standard InChI is InChI=1S/C77H90BN3/c1-69(2,3)48-28-32-56-55(41-48)53-31-33-59-68(65(53)73(56,13)14)79(61-34-29-49(70(4,5)6)40-54(61)47-26-20-19-21-27-47)63-45-52(80-62-35-30-50(71(7,8)9)42-57(62)74(15)36-22-24-38-76(74,80)17)46-64-66(63)78(59)60-44-51(72(10,11)12)43-58-67(60)81(64)77(18)39-25-23-37-75(58,77)16/h19-21,26-35,40-46H,22-25,36-39H2,1-18H3/i30D,35D,42D. The van der Waals surface area contributed by atoms with Gasteiger partial charge in [0.1, 0.15) is 0 Å². The largest absolute Gasteiger partial charge is 0.335 e. The SMILES string of the molecule is [2H]c1c([2H])c(C(C)(C)C)c([2H])c2c1N(c1cc3c4c(c1)N1c5c(cc(C(C)(C)C)cc5C5(C)CCCCC15C)B4c1ccc4c(c1N3c1ccc(C(C)(C)C)cc1-c1ccccc1)C(C)(C)c1ccc(C(C)(C)C)cc1-4)C1(C)CCCCC21C. The summed E-state index contributed by atoms with van der Waals surface area (Å²) in [5, 5.41) is 0. The molecule has 0 aromatic heterocycles. The highest BCUT2D eigenvalue weighted by molar-refractivity contribution is 7.00. The third kappa shape index (κ3) is 7.01. The van der Waals surface area contributed by atoms with E-state index in [-0.39, 0.29) is 51.4 Å². The molecule has 0 amide bonds. The maximum atomic E-state index is 10.4. The lowest BCUT2D eigenvalue weighted by molar-refractivity contribution is 0.194. The first-order valence-corrected chi connectivity index (χ1v) is 31.1. The molecule has 4 aliphatic heterocycles. The number of hydrogen-bond donors (Lipinski definition) is 0. The van der Waals surface area contributed by atoms with Crippen molar-refractivity contribution in [2.45, 2.75) is 225 Å². The second-order valence-electron chi connectivity index (χ2n) is 31.8. The van der Waals surface area contributed by atoms with Gasteiger partial charge in [-0.15, -0.1) is 0 Å². The Bertz CT molecular complexity index is 4010. The first-order valence-electron chi connectivity index (χ1n) is 32.6. The molecule has 2 saturated carbocycles. The summed E-state index contributed by atoms with van der Waals surface area (Å²) in [6, 6.07) is 42.3. The predicted molar refractivity (Wildman–Crippen MR) is 349 cm³/mol. The molecule has 0 bridgehead atoms. The van der Waals surface area contributed by atoms with Gasteiger partial charge in [0.25, 0.3) is 6.71 Å². The van der Waals surface area contributed by atoms with Crippen molar-refractivity contribution in [1.82, 2.24) is 0 Å². The first-order chi connectivity index (χ1) is 39.2. The molecule has 2 fully saturated rings. The molecule has 3 nitrogen and oxygen atoms in total. The summed E-state index contributed by atoms with van der Waals surface area (Å²) >= 11 is 0. The summed E-state index contributed by atoms with van der Waals surface area (Å²) < 4.78 is 30.8. The highest BCUT2D eigenvalue weighted by Gasteiger charge is 2.63. The van der Waals surface area contributed by atoms with Gasteiger partial charge in [-0.3, -0.25) is 0 Å². The lowest BCUT2D eigenvalue weighted by Crippen LogP contribution is -2.65. The van der Waals surface area contributed by atoms with Crippen LogP contribution >= 0.6 is 0 Å². The van der Waals surface area contributed by atoms with Gasteiger partial charge in [-0.1, -0.05) is 227 Å². The van der Waals surface area contributed by atoms with Crippen molar-refractivity contribution in [2.75, 3.05) is 14.7 Å². The fourth-order valence-corrected chi connectivity index (χ4v) is 17.3. The van der Waals surface area contributed by atoms with Gasteiger partial charge in [0.05, 0.1) is 20.9 Å². The van der Waals surface area contributed by atoms with E-state index in [0.29, 0.717) is 11.6 Å². The molecule has 4 atom stereocenters. The van der Waals surface area contributed by atoms with Crippen LogP contribution in [0.25, 0.3) is 22.3 Å². The molecule has 7 aromatic rings. The van der Waals surface area contributed by atoms with Gasteiger partial charge in [-0.05, 0) is 169 Å². The second-order valence-corrected chi connectivity index (χ2v) is 31.8. The van der Waals surface area contributed by atoms with Crippen molar-refractivity contribution < 1.29 is 4.11 Å². The average molecular weight is 1070 g/mol. The molecule has 7 aliphatic rings. The summed E-state index contributed by atoms with van der Waals surface area (Å²) in [5.41, 5.74) is 24.8. The minimum atomic E-state index is -0.493. The van der Waals surface area contributed by atoms with Crippen LogP contribution in [-0.4, -0.2) is 17.8 Å². The molecule has 0 radical (unpaired) electrons. The van der Waals surface area contributed by atoms with E-state index in [1.54, 1.807) is 0 Å². The number of rotatable bonds is 3. The molecule has 3 aliphatic carbocycles. The van der Waals surface area contributed by atoms with Crippen molar-refractivity contribution >= 4 is 62.9 Å². The molecular weight excluding hydrogens is 978 g/mol. The van der Waals surface area contributed by atoms with Crippen LogP contribution in [0.2, 0.25) is 0 Å². The van der Waals surface area contributed by atoms with Gasteiger partial charge in [0.15, 0.2) is 0 Å². The number of fused-ring (bicyclic) bond motifs is 14. The van der Waals surface area contributed by atoms with Crippen LogP contribution in [0.15, 0.2) is 121 Å². The van der Waals surface area contributed by atoms with Crippen LogP contribution in [0.5, 0.6) is 0 Å². The number of anilines is 7. The number of nitrogens with zero attached hydrogens (tertiary/aromatic N) is 3. The maximum absolute atomic E-state index is 10.4. The Morgan fingerprint density at radius 3 is 1.67 bits per heavy atom. The van der Waals surface area contributed by atoms with E-state index in [4.69, 9.17) is 0 Å². The van der Waals surface area contributed by atoms with Crippen molar-refractivity contribution in [2.24, 2.45) is 0 Å². The Hall–Kier alpha value is -6.00. The lowest BCUT2D eigenvalue weighted by Gasteiger charge is -2.54. The van der Waals surface area contributed by atoms with Gasteiger partial charge in [0, 0.05) is 55.9 Å². The van der Waals surface area contributed by atoms with Crippen LogP contribution in [0.1, 0.15) is 225 Å². The first kappa shape index (κ1) is 49.6. The fourth-order valence-electron chi connectivity index (χ4n) is 17.3. The van der Waals surface area contributed by atoms with Gasteiger partial charge in [-0.25, -0.2) is 0 Å². The van der Waals surface area contributed by atoms with E-state index >= 15 is 0 Å². The van der Waals surface area contributed by atoms with Gasteiger partial charge in [-0.2, -0.15) is 0 Å². The molecule has 81 heavy (non-hydrogen) atoms. The molecule has 7 aromatic carbocycles. The van der Waals surface area contributed by atoms with Gasteiger partial charge in [0.2, 0.25) is 0 Å². The summed E-state index contributed by atoms with van der Waals surface area (Å²) in [6.07, 6.45) is 8.54. The Balaban J connectivity index is 1.19. The maximum Gasteiger partial charge on any atom is 0.252 e. The summed E-state index contributed by atoms with van der Waals surface area (Å²) in [7, 11) is 0. The molecule has 4 heteroatoms. The van der Waals surface area contributed by atoms with Gasteiger partial charge < -0.3 is 14.7 Å². The van der Waals surface area contributed by atoms with Crippen LogP contribution in [-0.2, 0) is 37.9 Å². The second kappa shape index (κ2) is 16.6. The number of hydrogen-bond acceptors (Lipinski definition) is 3. The van der Waals surface area contributed by atoms with E-state index in [2.05, 4.69) is 242 Å². The minimum absolute atomic E-state index is 0.0297. The summed E-state index contributed by atoms with van der Waals surface area (Å²) in [6.45, 7) is 42.6. The van der Waals surface area contributed by atoms with Crippen molar-refractivity contribution in [3.05, 3.63) is 166 Å². The third-order valence-corrected chi connectivity index (χ3v) is 22.6. The molecule has 0 N–H and O–H groups in total. The summed E-state index contributed by atoms with van der Waals surface area (Å²) in [5.74, 6) is 0. The minimum Gasteiger partial charge on any atom is -0.335 e. The third-order valence-electron chi connectivity index (χ3n) is 22.6. The average Bonchev–Trinajstić information content (AvgIpc) is 1.46. The normalized spacial score (nSPS) is 25.2. The van der Waals surface area contributed by atoms with E-state index in [1.165, 1.54) is 108 Å². The Morgan fingerprint density at radius 1 is 0.444 bits per heavy atom. The summed E-state index contributed by atoms with van der Waals surface area (Å²) in [4.78, 5) is 8.21. The molecule has 416 valence electrons. The van der Waals surface area contributed by atoms with Crippen LogP contribution in [0.3, 0.4) is 0 Å². The van der Waals surface area contributed by atoms with Gasteiger partial charge >= 0.3 is 0 Å². The zero-order valence-electron chi connectivity index (χ0n) is 55.4. The highest BCUT2D eigenvalue weighted by atomic mass is 15.3. The fraction of sp³-hybridized carbons (Fsp3) is 0.455. The molecule has 14 rings (SSSR count). The monoisotopic (exact) mass is 1070 g/mol. The van der Waals surface area contributed by atoms with Crippen LogP contribution in [0, 0.1) is 0 Å². The van der Waals surface area contributed by atoms with Crippen molar-refractivity contribution in [3.8, 4) is 22.3 Å². The Labute approximate surface area is 492 Å². The zero-order chi connectivity index (χ0) is 59.9. The smallest absolute Gasteiger partial charge is 0.252 e. The Morgan fingerprint density at radius 2 is 1.02 bits per heavy atom. The van der Waals surface area contributed by atoms with Crippen molar-refractivity contribution in [1.29, 1.82) is 0 Å². The van der Waals surface area contributed by atoms with E-state index in [9.17, 15) is 4.11 Å². The van der Waals surface area contributed by atoms with Crippen LogP contribution < -0.4 is 31.1 Å². The molecule has 0 spiro atoms. The van der Waals surface area contributed by atoms with Crippen molar-refractivity contribution in [3.63, 3.8) is 0 Å². The molecule has 4 unspecified atom stereocenters.